The molecule has 1 aromatic carbocycles. The van der Waals surface area contributed by atoms with Crippen LogP contribution in [0.1, 0.15) is 33.0 Å². The third-order valence-corrected chi connectivity index (χ3v) is 7.42. The van der Waals surface area contributed by atoms with Gasteiger partial charge in [0.15, 0.2) is 6.61 Å². The van der Waals surface area contributed by atoms with Crippen LogP contribution in [0.15, 0.2) is 23.0 Å². The molecule has 0 unspecified atom stereocenters. The molecule has 3 N–H and O–H groups in total. The highest BCUT2D eigenvalue weighted by Crippen LogP contribution is 2.34. The van der Waals surface area contributed by atoms with Crippen LogP contribution >= 0.6 is 23.1 Å². The van der Waals surface area contributed by atoms with Crippen molar-refractivity contribution in [2.45, 2.75) is 25.1 Å². The van der Waals surface area contributed by atoms with Gasteiger partial charge in [0.1, 0.15) is 10.6 Å². The van der Waals surface area contributed by atoms with E-state index in [4.69, 9.17) is 4.74 Å². The molecule has 5 rings (SSSR count). The van der Waals surface area contributed by atoms with Crippen LogP contribution in [0.5, 0.6) is 5.75 Å². The summed E-state index contributed by atoms with van der Waals surface area (Å²) in [5.41, 5.74) is 2.18. The number of thioether (sulfide) groups is 1. The lowest BCUT2D eigenvalue weighted by Crippen LogP contribution is -2.28. The van der Waals surface area contributed by atoms with E-state index < -0.39 is 5.91 Å². The second-order valence-corrected chi connectivity index (χ2v) is 9.29. The third kappa shape index (κ3) is 3.56. The summed E-state index contributed by atoms with van der Waals surface area (Å²) in [6.07, 6.45) is 1.91. The molecular formula is C20H18N4O4S2. The number of carbonyl (C=O) groups excluding carboxylic acids is 2. The molecule has 0 aliphatic carbocycles. The lowest BCUT2D eigenvalue weighted by molar-refractivity contribution is -0.118. The van der Waals surface area contributed by atoms with Gasteiger partial charge >= 0.3 is 0 Å². The minimum absolute atomic E-state index is 0.00453. The summed E-state index contributed by atoms with van der Waals surface area (Å²) in [5, 5.41) is 6.14. The first-order chi connectivity index (χ1) is 14.6. The zero-order chi connectivity index (χ0) is 20.7. The van der Waals surface area contributed by atoms with Crippen LogP contribution in [-0.4, -0.2) is 34.1 Å². The minimum atomic E-state index is -0.454. The molecule has 3 aromatic rings. The number of nitrogens with zero attached hydrogens (tertiary/aromatic N) is 1. The van der Waals surface area contributed by atoms with Gasteiger partial charge in [0.25, 0.3) is 17.4 Å². The zero-order valence-corrected chi connectivity index (χ0v) is 17.5. The maximum absolute atomic E-state index is 12.7. The SMILES string of the molecule is O=C1COc2ccc(CNC(=O)c3nc4sc5c(c4c(=O)[nH]3)CCCSC5)cc2N1. The Kier molecular flexibility index (Phi) is 4.95. The summed E-state index contributed by atoms with van der Waals surface area (Å²) in [7, 11) is 0. The van der Waals surface area contributed by atoms with Gasteiger partial charge < -0.3 is 20.4 Å². The van der Waals surface area contributed by atoms with Crippen LogP contribution in [-0.2, 0) is 23.5 Å². The number of rotatable bonds is 3. The molecule has 0 saturated carbocycles. The van der Waals surface area contributed by atoms with Gasteiger partial charge in [-0.1, -0.05) is 6.07 Å². The molecule has 8 nitrogen and oxygen atoms in total. The van der Waals surface area contributed by atoms with Gasteiger partial charge in [0.2, 0.25) is 5.82 Å². The van der Waals surface area contributed by atoms with Crippen molar-refractivity contribution in [3.05, 3.63) is 50.4 Å². The number of thiophene rings is 1. The number of aromatic nitrogens is 2. The molecule has 2 aliphatic heterocycles. The number of aryl methyl sites for hydroxylation is 1. The van der Waals surface area contributed by atoms with Gasteiger partial charge in [0.05, 0.1) is 11.1 Å². The number of hydrogen-bond acceptors (Lipinski definition) is 7. The third-order valence-electron chi connectivity index (χ3n) is 5.04. The Hall–Kier alpha value is -2.85. The fourth-order valence-electron chi connectivity index (χ4n) is 3.62. The van der Waals surface area contributed by atoms with Crippen molar-refractivity contribution in [3.8, 4) is 5.75 Å². The monoisotopic (exact) mass is 442 g/mol. The van der Waals surface area contributed by atoms with Crippen molar-refractivity contribution in [2.75, 3.05) is 17.7 Å². The number of carbonyl (C=O) groups is 2. The summed E-state index contributed by atoms with van der Waals surface area (Å²) < 4.78 is 5.33. The van der Waals surface area contributed by atoms with Gasteiger partial charge in [-0.2, -0.15) is 11.8 Å². The standard InChI is InChI=1S/C20H18N4O4S2/c25-15-8-28-13-4-3-10(6-12(13)22-15)7-21-19(27)17-23-18(26)16-11-2-1-5-29-9-14(11)30-20(16)24-17/h3-4,6H,1-2,5,7-9H2,(H,21,27)(H,22,25)(H,23,24,26). The Morgan fingerprint density at radius 2 is 2.20 bits per heavy atom. The van der Waals surface area contributed by atoms with Gasteiger partial charge in [-0.25, -0.2) is 4.98 Å². The first kappa shape index (κ1) is 19.1. The first-order valence-electron chi connectivity index (χ1n) is 9.54. The fourth-order valence-corrected chi connectivity index (χ4v) is 5.97. The van der Waals surface area contributed by atoms with Crippen LogP contribution in [0.2, 0.25) is 0 Å². The molecule has 4 heterocycles. The van der Waals surface area contributed by atoms with E-state index in [1.54, 1.807) is 12.1 Å². The normalized spacial score (nSPS) is 15.5. The number of fused-ring (bicyclic) bond motifs is 4. The number of H-pyrrole nitrogens is 1. The summed E-state index contributed by atoms with van der Waals surface area (Å²) in [6, 6.07) is 5.31. The molecule has 0 saturated heterocycles. The van der Waals surface area contributed by atoms with Crippen LogP contribution in [0.3, 0.4) is 0 Å². The predicted octanol–water partition coefficient (Wildman–Crippen LogP) is 2.42. The van der Waals surface area contributed by atoms with Crippen LogP contribution in [0, 0.1) is 0 Å². The number of anilines is 1. The van der Waals surface area contributed by atoms with E-state index in [2.05, 4.69) is 20.6 Å². The number of benzene rings is 1. The van der Waals surface area contributed by atoms with Crippen molar-refractivity contribution in [2.24, 2.45) is 0 Å². The molecule has 154 valence electrons. The molecule has 30 heavy (non-hydrogen) atoms. The highest BCUT2D eigenvalue weighted by molar-refractivity contribution is 7.98. The molecule has 2 amide bonds. The van der Waals surface area contributed by atoms with Gasteiger partial charge in [0, 0.05) is 17.2 Å². The van der Waals surface area contributed by atoms with Crippen molar-refractivity contribution in [3.63, 3.8) is 0 Å². The van der Waals surface area contributed by atoms with Gasteiger partial charge in [-0.3, -0.25) is 14.4 Å². The molecular weight excluding hydrogens is 424 g/mol. The first-order valence-corrected chi connectivity index (χ1v) is 11.5. The predicted molar refractivity (Wildman–Crippen MR) is 116 cm³/mol. The van der Waals surface area contributed by atoms with Crippen LogP contribution < -0.4 is 20.9 Å². The smallest absolute Gasteiger partial charge is 0.287 e. The number of ether oxygens (including phenoxy) is 1. The van der Waals surface area contributed by atoms with E-state index in [-0.39, 0.29) is 30.4 Å². The highest BCUT2D eigenvalue weighted by atomic mass is 32.2. The number of aromatic amines is 1. The average molecular weight is 443 g/mol. The average Bonchev–Trinajstić information content (AvgIpc) is 2.93. The maximum atomic E-state index is 12.7. The summed E-state index contributed by atoms with van der Waals surface area (Å²) in [5.74, 6) is 1.91. The summed E-state index contributed by atoms with van der Waals surface area (Å²) in [4.78, 5) is 45.6. The molecule has 0 atom stereocenters. The van der Waals surface area contributed by atoms with Crippen molar-refractivity contribution >= 4 is 50.8 Å². The van der Waals surface area contributed by atoms with Crippen molar-refractivity contribution < 1.29 is 14.3 Å². The van der Waals surface area contributed by atoms with Crippen LogP contribution in [0.4, 0.5) is 5.69 Å². The Balaban J connectivity index is 1.36. The van der Waals surface area contributed by atoms with E-state index in [1.807, 2.05) is 17.8 Å². The molecule has 2 aliphatic rings. The minimum Gasteiger partial charge on any atom is -0.482 e. The largest absolute Gasteiger partial charge is 0.482 e. The Morgan fingerprint density at radius 3 is 3.10 bits per heavy atom. The maximum Gasteiger partial charge on any atom is 0.287 e. The number of hydrogen-bond donors (Lipinski definition) is 3. The Bertz CT molecular complexity index is 1230. The molecule has 0 bridgehead atoms. The lowest BCUT2D eigenvalue weighted by Gasteiger charge is -2.18. The molecule has 0 fully saturated rings. The zero-order valence-electron chi connectivity index (χ0n) is 15.9. The Labute approximate surface area is 179 Å². The number of amides is 2. The van der Waals surface area contributed by atoms with Crippen LogP contribution in [0.25, 0.3) is 10.2 Å². The highest BCUT2D eigenvalue weighted by Gasteiger charge is 2.21. The topological polar surface area (TPSA) is 113 Å². The van der Waals surface area contributed by atoms with Gasteiger partial charge in [-0.15, -0.1) is 11.3 Å². The van der Waals surface area contributed by atoms with E-state index in [9.17, 15) is 14.4 Å². The molecule has 0 radical (unpaired) electrons. The molecule has 10 heteroatoms. The summed E-state index contributed by atoms with van der Waals surface area (Å²) in [6.45, 7) is 0.219. The van der Waals surface area contributed by atoms with Crippen molar-refractivity contribution in [1.82, 2.24) is 15.3 Å². The molecule has 2 aromatic heterocycles. The number of nitrogens with one attached hydrogen (secondary N) is 3. The lowest BCUT2D eigenvalue weighted by atomic mass is 10.1. The molecule has 0 spiro atoms. The van der Waals surface area contributed by atoms with E-state index in [1.165, 1.54) is 16.2 Å². The van der Waals surface area contributed by atoms with Gasteiger partial charge in [-0.05, 0) is 41.9 Å². The second-order valence-electron chi connectivity index (χ2n) is 7.10. The Morgan fingerprint density at radius 1 is 1.30 bits per heavy atom. The summed E-state index contributed by atoms with van der Waals surface area (Å²) >= 11 is 3.36. The van der Waals surface area contributed by atoms with Crippen molar-refractivity contribution in [1.29, 1.82) is 0 Å². The second kappa shape index (κ2) is 7.77. The van der Waals surface area contributed by atoms with E-state index in [0.29, 0.717) is 21.7 Å². The van der Waals surface area contributed by atoms with E-state index in [0.717, 1.165) is 35.5 Å². The quantitative estimate of drug-likeness (QED) is 0.574. The van der Waals surface area contributed by atoms with E-state index >= 15 is 0 Å². The fraction of sp³-hybridized carbons (Fsp3) is 0.300.